The van der Waals surface area contributed by atoms with E-state index < -0.39 is 0 Å². The minimum absolute atomic E-state index is 0.173. The molecule has 23 rings (SSSR count). The Labute approximate surface area is 640 Å². The van der Waals surface area contributed by atoms with Gasteiger partial charge in [0, 0.05) is 10.8 Å². The molecule has 2 aliphatic carbocycles. The van der Waals surface area contributed by atoms with Gasteiger partial charge in [0.25, 0.3) is 0 Å². The molecule has 0 atom stereocenters. The zero-order valence-corrected chi connectivity index (χ0v) is 61.8. The molecule has 0 aliphatic heterocycles. The van der Waals surface area contributed by atoms with Gasteiger partial charge in [0.2, 0.25) is 0 Å². The molecule has 0 aromatic heterocycles. The normalized spacial score (nSPS) is 13.2. The maximum Gasteiger partial charge on any atom is 0.0171 e. The van der Waals surface area contributed by atoms with Crippen LogP contribution in [0.15, 0.2) is 376 Å². The first-order valence-corrected chi connectivity index (χ1v) is 38.8. The van der Waals surface area contributed by atoms with Crippen LogP contribution in [0.2, 0.25) is 0 Å². The Kier molecular flexibility index (Phi) is 14.2. The van der Waals surface area contributed by atoms with Crippen LogP contribution >= 0.6 is 0 Å². The summed E-state index contributed by atoms with van der Waals surface area (Å²) >= 11 is 0. The molecule has 0 spiro atoms. The molecule has 110 heavy (non-hydrogen) atoms. The zero-order valence-electron chi connectivity index (χ0n) is 61.8. The van der Waals surface area contributed by atoms with Crippen LogP contribution in [0.25, 0.3) is 208 Å². The summed E-state index contributed by atoms with van der Waals surface area (Å²) in [7, 11) is 0. The Balaban J connectivity index is 0.000000136. The number of benzene rings is 21. The van der Waals surface area contributed by atoms with Crippen LogP contribution in [0.1, 0.15) is 49.9 Å². The third-order valence-corrected chi connectivity index (χ3v) is 25.0. The van der Waals surface area contributed by atoms with Crippen molar-refractivity contribution in [2.75, 3.05) is 0 Å². The van der Waals surface area contributed by atoms with E-state index in [-0.39, 0.29) is 10.8 Å². The Morgan fingerprint density at radius 3 is 0.782 bits per heavy atom. The topological polar surface area (TPSA) is 0 Å². The predicted molar refractivity (Wildman–Crippen MR) is 473 cm³/mol. The molecule has 0 heterocycles. The lowest BCUT2D eigenvalue weighted by atomic mass is 9.76. The third-order valence-electron chi connectivity index (χ3n) is 25.0. The van der Waals surface area contributed by atoms with E-state index in [0.29, 0.717) is 0 Å². The van der Waals surface area contributed by atoms with Crippen LogP contribution in [0.4, 0.5) is 0 Å². The van der Waals surface area contributed by atoms with Crippen molar-refractivity contribution in [3.05, 3.63) is 398 Å². The summed E-state index contributed by atoms with van der Waals surface area (Å²) in [5.74, 6) is 0. The van der Waals surface area contributed by atoms with Crippen molar-refractivity contribution in [1.29, 1.82) is 0 Å². The second-order valence-corrected chi connectivity index (χ2v) is 31.4. The second kappa shape index (κ2) is 24.5. The van der Waals surface area contributed by atoms with Crippen molar-refractivity contribution in [1.82, 2.24) is 0 Å². The number of fused-ring (bicyclic) bond motifs is 24. The highest BCUT2D eigenvalue weighted by Gasteiger charge is 2.42. The van der Waals surface area contributed by atoms with E-state index in [0.717, 1.165) is 0 Å². The van der Waals surface area contributed by atoms with Gasteiger partial charge in [-0.1, -0.05) is 398 Å². The molecule has 0 N–H and O–H groups in total. The van der Waals surface area contributed by atoms with Gasteiger partial charge in [0.1, 0.15) is 0 Å². The van der Waals surface area contributed by atoms with Gasteiger partial charge in [0.05, 0.1) is 0 Å². The molecule has 0 nitrogen and oxygen atoms in total. The summed E-state index contributed by atoms with van der Waals surface area (Å²) in [5.41, 5.74) is 26.1. The molecule has 0 heteroatoms. The lowest BCUT2D eigenvalue weighted by Gasteiger charge is -2.26. The summed E-state index contributed by atoms with van der Waals surface area (Å²) in [4.78, 5) is 0. The SMILES string of the molecule is CC1(C)c2c(-c3ccc(-c4c5ccccc5c(-c5cc6ccccc6c6ccccc56)c5ccccc45)cc3)cccc2-c2c1c1ccccc1c1ccccc21.CC1(C)c2c(-c3ccc(-c4c5ccccc5c(-c5cccc6ccccc56)c5ccccc45)cc3)cccc2-c2c1c1ccccc1c1ccccc21. The van der Waals surface area contributed by atoms with Crippen LogP contribution in [-0.4, -0.2) is 0 Å². The molecule has 0 saturated heterocycles. The van der Waals surface area contributed by atoms with Crippen molar-refractivity contribution in [2.24, 2.45) is 0 Å². The Morgan fingerprint density at radius 2 is 0.382 bits per heavy atom. The van der Waals surface area contributed by atoms with E-state index in [9.17, 15) is 0 Å². The van der Waals surface area contributed by atoms with Crippen LogP contribution in [-0.2, 0) is 10.8 Å². The first kappa shape index (κ1) is 63.7. The minimum atomic E-state index is -0.182. The lowest BCUT2D eigenvalue weighted by Crippen LogP contribution is -2.17. The van der Waals surface area contributed by atoms with Crippen LogP contribution in [0.5, 0.6) is 0 Å². The van der Waals surface area contributed by atoms with Crippen molar-refractivity contribution in [2.45, 2.75) is 38.5 Å². The van der Waals surface area contributed by atoms with E-state index in [2.05, 4.69) is 404 Å². The van der Waals surface area contributed by atoms with Crippen LogP contribution in [0, 0.1) is 0 Å². The highest BCUT2D eigenvalue weighted by atomic mass is 14.4. The second-order valence-electron chi connectivity index (χ2n) is 31.4. The Hall–Kier alpha value is -13.5. The van der Waals surface area contributed by atoms with E-state index >= 15 is 0 Å². The van der Waals surface area contributed by atoms with Crippen LogP contribution < -0.4 is 0 Å². The summed E-state index contributed by atoms with van der Waals surface area (Å²) in [5, 5.41) is 28.6. The Morgan fingerprint density at radius 1 is 0.136 bits per heavy atom. The molecule has 0 fully saturated rings. The molecule has 514 valence electrons. The van der Waals surface area contributed by atoms with E-state index in [1.807, 2.05) is 0 Å². The fourth-order valence-electron chi connectivity index (χ4n) is 20.5. The highest BCUT2D eigenvalue weighted by molar-refractivity contribution is 6.28. The fourth-order valence-corrected chi connectivity index (χ4v) is 20.5. The number of rotatable bonds is 6. The minimum Gasteiger partial charge on any atom is -0.0616 e. The molecule has 0 bridgehead atoms. The van der Waals surface area contributed by atoms with Gasteiger partial charge in [-0.05, 0) is 236 Å². The molecule has 0 unspecified atom stereocenters. The molecule has 2 aliphatic rings. The molecule has 21 aromatic carbocycles. The average molecular weight is 1400 g/mol. The largest absolute Gasteiger partial charge is 0.0616 e. The van der Waals surface area contributed by atoms with Gasteiger partial charge in [-0.15, -0.1) is 0 Å². The molecule has 0 radical (unpaired) electrons. The molecule has 0 amide bonds. The van der Waals surface area contributed by atoms with Gasteiger partial charge in [-0.3, -0.25) is 0 Å². The zero-order chi connectivity index (χ0) is 73.1. The van der Waals surface area contributed by atoms with E-state index in [1.54, 1.807) is 0 Å². The molecular weight excluding hydrogens is 1320 g/mol. The van der Waals surface area contributed by atoms with Gasteiger partial charge in [0.15, 0.2) is 0 Å². The van der Waals surface area contributed by atoms with Crippen molar-refractivity contribution in [3.63, 3.8) is 0 Å². The summed E-state index contributed by atoms with van der Waals surface area (Å²) in [6.45, 7) is 9.70. The predicted octanol–water partition coefficient (Wildman–Crippen LogP) is 30.7. The molecular formula is C110H74. The average Bonchev–Trinajstić information content (AvgIpc) is 1.51. The third kappa shape index (κ3) is 9.33. The maximum absolute atomic E-state index is 2.43. The van der Waals surface area contributed by atoms with Gasteiger partial charge in [-0.25, -0.2) is 0 Å². The Bertz CT molecular complexity index is 7370. The maximum atomic E-state index is 2.43. The van der Waals surface area contributed by atoms with Gasteiger partial charge < -0.3 is 0 Å². The summed E-state index contributed by atoms with van der Waals surface area (Å²) in [6, 6.07) is 140. The lowest BCUT2D eigenvalue weighted by molar-refractivity contribution is 0.668. The smallest absolute Gasteiger partial charge is 0.0171 e. The monoisotopic (exact) mass is 1390 g/mol. The first-order valence-electron chi connectivity index (χ1n) is 38.8. The van der Waals surface area contributed by atoms with E-state index in [4.69, 9.17) is 0 Å². The number of hydrogen-bond donors (Lipinski definition) is 0. The molecule has 21 aromatic rings. The quantitative estimate of drug-likeness (QED) is 0.115. The molecule has 0 saturated carbocycles. The highest BCUT2D eigenvalue weighted by Crippen LogP contribution is 2.60. The van der Waals surface area contributed by atoms with Crippen molar-refractivity contribution in [3.8, 4) is 89.0 Å². The first-order chi connectivity index (χ1) is 54.2. The summed E-state index contributed by atoms with van der Waals surface area (Å²) < 4.78 is 0. The standard InChI is InChI=1S/C57H38.C53H36/c1-57(2)55-39(28-15-29-50(55)54-44-22-9-7-19-41(44)42-20-8-14-27-49(42)56(54)57)35-30-32-36(33-31-35)52-45-23-10-12-25-47(45)53(48-26-13-11-24-46(48)52)51-34-37-16-3-4-17-38(37)40-18-5-6-21-43(40)51;1-53(2)51-37(26-14-28-47(51)50-41-20-7-5-18-38(41)39-19-6-12-25-46(39)52(50)53)34-29-31-35(32-30-34)48-42-21-8-10-23-44(42)49(45-24-11-9-22-43(45)48)40-27-13-16-33-15-3-4-17-36(33)40/h3-34H,1-2H3;3-32H,1-2H3. The van der Waals surface area contributed by atoms with E-state index in [1.165, 1.54) is 230 Å². The van der Waals surface area contributed by atoms with Crippen molar-refractivity contribution < 1.29 is 0 Å². The van der Waals surface area contributed by atoms with Crippen LogP contribution in [0.3, 0.4) is 0 Å². The van der Waals surface area contributed by atoms with Crippen molar-refractivity contribution >= 4 is 118 Å². The summed E-state index contributed by atoms with van der Waals surface area (Å²) in [6.07, 6.45) is 0. The van der Waals surface area contributed by atoms with Gasteiger partial charge in [-0.2, -0.15) is 0 Å². The number of hydrogen-bond acceptors (Lipinski definition) is 0. The fraction of sp³-hybridized carbons (Fsp3) is 0.0545. The van der Waals surface area contributed by atoms with Gasteiger partial charge >= 0.3 is 0 Å².